The molecule has 0 aliphatic heterocycles. The molecule has 0 aromatic heterocycles. The highest BCUT2D eigenvalue weighted by molar-refractivity contribution is 9.10. The van der Waals surface area contributed by atoms with Crippen molar-refractivity contribution in [2.75, 3.05) is 0 Å². The Morgan fingerprint density at radius 1 is 1.45 bits per heavy atom. The van der Waals surface area contributed by atoms with Gasteiger partial charge < -0.3 is 5.73 Å². The molecule has 0 heterocycles. The van der Waals surface area contributed by atoms with Crippen LogP contribution in [0.15, 0.2) is 22.7 Å². The normalized spacial score (nSPS) is 27.0. The van der Waals surface area contributed by atoms with Gasteiger partial charge in [0, 0.05) is 5.54 Å². The molecule has 2 N–H and O–H groups in total. The molecule has 1 aromatic rings. The lowest BCUT2D eigenvalue weighted by Gasteiger charge is -2.39. The quantitative estimate of drug-likeness (QED) is 0.813. The molecule has 0 radical (unpaired) electrons. The van der Waals surface area contributed by atoms with Gasteiger partial charge in [0.1, 0.15) is 5.82 Å². The van der Waals surface area contributed by atoms with E-state index in [-0.39, 0.29) is 11.4 Å². The van der Waals surface area contributed by atoms with Crippen molar-refractivity contribution in [3.05, 3.63) is 34.1 Å². The first kappa shape index (κ1) is 16.0. The lowest BCUT2D eigenvalue weighted by molar-refractivity contribution is 0.200. The summed E-state index contributed by atoms with van der Waals surface area (Å²) in [6, 6.07) is 5.26. The predicted molar refractivity (Wildman–Crippen MR) is 86.1 cm³/mol. The molecule has 1 fully saturated rings. The largest absolute Gasteiger partial charge is 0.325 e. The monoisotopic (exact) mass is 341 g/mol. The predicted octanol–water partition coefficient (Wildman–Crippen LogP) is 5.06. The Bertz CT molecular complexity index is 460. The third-order valence-corrected chi connectivity index (χ3v) is 4.93. The molecule has 2 rings (SSSR count). The molecule has 112 valence electrons. The van der Waals surface area contributed by atoms with E-state index in [0.717, 1.165) is 36.7 Å². The molecule has 0 saturated heterocycles. The average molecular weight is 342 g/mol. The van der Waals surface area contributed by atoms with Crippen molar-refractivity contribution < 1.29 is 4.39 Å². The maximum Gasteiger partial charge on any atom is 0.137 e. The lowest BCUT2D eigenvalue weighted by Crippen LogP contribution is -2.46. The van der Waals surface area contributed by atoms with Crippen LogP contribution in [0.25, 0.3) is 0 Å². The van der Waals surface area contributed by atoms with E-state index >= 15 is 0 Å². The maximum atomic E-state index is 13.3. The SMILES string of the molecule is CC(C)CC1CCCC(N)(Cc2ccc(F)c(Br)c2)C1. The zero-order chi connectivity index (χ0) is 14.8. The minimum atomic E-state index is -0.207. The molecular formula is C17H25BrFN. The van der Waals surface area contributed by atoms with Crippen molar-refractivity contribution in [3.63, 3.8) is 0 Å². The molecule has 2 unspecified atom stereocenters. The van der Waals surface area contributed by atoms with Gasteiger partial charge in [-0.05, 0) is 71.1 Å². The molecular weight excluding hydrogens is 317 g/mol. The summed E-state index contributed by atoms with van der Waals surface area (Å²) >= 11 is 3.26. The van der Waals surface area contributed by atoms with E-state index in [9.17, 15) is 4.39 Å². The summed E-state index contributed by atoms with van der Waals surface area (Å²) in [6.07, 6.45) is 6.82. The van der Waals surface area contributed by atoms with Crippen molar-refractivity contribution in [2.24, 2.45) is 17.6 Å². The van der Waals surface area contributed by atoms with Crippen LogP contribution in [0.4, 0.5) is 4.39 Å². The highest BCUT2D eigenvalue weighted by atomic mass is 79.9. The number of rotatable bonds is 4. The van der Waals surface area contributed by atoms with E-state index in [1.807, 2.05) is 12.1 Å². The third-order valence-electron chi connectivity index (χ3n) is 4.33. The van der Waals surface area contributed by atoms with Crippen molar-refractivity contribution >= 4 is 15.9 Å². The molecule has 3 heteroatoms. The summed E-state index contributed by atoms with van der Waals surface area (Å²) in [7, 11) is 0. The molecule has 1 saturated carbocycles. The van der Waals surface area contributed by atoms with Crippen LogP contribution in [0.5, 0.6) is 0 Å². The Kier molecular flexibility index (Phi) is 5.25. The van der Waals surface area contributed by atoms with Crippen LogP contribution in [0.3, 0.4) is 0 Å². The highest BCUT2D eigenvalue weighted by Gasteiger charge is 2.33. The van der Waals surface area contributed by atoms with Gasteiger partial charge in [0.25, 0.3) is 0 Å². The van der Waals surface area contributed by atoms with E-state index < -0.39 is 0 Å². The average Bonchev–Trinajstić information content (AvgIpc) is 2.32. The Hall–Kier alpha value is -0.410. The number of hydrogen-bond donors (Lipinski definition) is 1. The zero-order valence-corrected chi connectivity index (χ0v) is 14.0. The van der Waals surface area contributed by atoms with E-state index in [1.165, 1.54) is 25.3 Å². The third kappa shape index (κ3) is 4.29. The first-order valence-corrected chi connectivity index (χ1v) is 8.40. The molecule has 2 atom stereocenters. The molecule has 1 aliphatic carbocycles. The standard InChI is InChI=1S/C17H25BrFN/c1-12(2)8-13-4-3-7-17(20,10-13)11-14-5-6-16(19)15(18)9-14/h5-6,9,12-13H,3-4,7-8,10-11,20H2,1-2H3. The van der Waals surface area contributed by atoms with Crippen LogP contribution in [-0.2, 0) is 6.42 Å². The lowest BCUT2D eigenvalue weighted by atomic mass is 9.71. The Balaban J connectivity index is 2.04. The molecule has 0 spiro atoms. The Labute approximate surface area is 130 Å². The second kappa shape index (κ2) is 6.57. The van der Waals surface area contributed by atoms with Crippen LogP contribution < -0.4 is 5.73 Å². The van der Waals surface area contributed by atoms with E-state index in [0.29, 0.717) is 4.47 Å². The Morgan fingerprint density at radius 3 is 2.85 bits per heavy atom. The van der Waals surface area contributed by atoms with Crippen LogP contribution >= 0.6 is 15.9 Å². The van der Waals surface area contributed by atoms with Gasteiger partial charge in [-0.1, -0.05) is 32.8 Å². The second-order valence-corrected chi connectivity index (χ2v) is 7.73. The maximum absolute atomic E-state index is 13.3. The smallest absolute Gasteiger partial charge is 0.137 e. The fourth-order valence-electron chi connectivity index (χ4n) is 3.61. The zero-order valence-electron chi connectivity index (χ0n) is 12.5. The molecule has 20 heavy (non-hydrogen) atoms. The molecule has 1 aliphatic rings. The van der Waals surface area contributed by atoms with Crippen LogP contribution in [-0.4, -0.2) is 5.54 Å². The van der Waals surface area contributed by atoms with E-state index in [4.69, 9.17) is 5.73 Å². The van der Waals surface area contributed by atoms with Gasteiger partial charge >= 0.3 is 0 Å². The summed E-state index contributed by atoms with van der Waals surface area (Å²) in [5, 5.41) is 0. The van der Waals surface area contributed by atoms with Gasteiger partial charge in [0.05, 0.1) is 4.47 Å². The first-order valence-electron chi connectivity index (χ1n) is 7.61. The van der Waals surface area contributed by atoms with Crippen LogP contribution in [0, 0.1) is 17.7 Å². The number of nitrogens with two attached hydrogens (primary N) is 1. The van der Waals surface area contributed by atoms with E-state index in [2.05, 4.69) is 29.8 Å². The fourth-order valence-corrected chi connectivity index (χ4v) is 4.03. The Morgan fingerprint density at radius 2 is 2.20 bits per heavy atom. The van der Waals surface area contributed by atoms with E-state index in [1.54, 1.807) is 0 Å². The number of hydrogen-bond acceptors (Lipinski definition) is 1. The summed E-state index contributed by atoms with van der Waals surface area (Å²) in [6.45, 7) is 4.56. The van der Waals surface area contributed by atoms with Crippen LogP contribution in [0.2, 0.25) is 0 Å². The number of benzene rings is 1. The highest BCUT2D eigenvalue weighted by Crippen LogP contribution is 2.36. The summed E-state index contributed by atoms with van der Waals surface area (Å²) < 4.78 is 13.8. The minimum absolute atomic E-state index is 0.116. The summed E-state index contributed by atoms with van der Waals surface area (Å²) in [5.41, 5.74) is 7.65. The minimum Gasteiger partial charge on any atom is -0.325 e. The van der Waals surface area contributed by atoms with Gasteiger partial charge in [-0.3, -0.25) is 0 Å². The molecule has 0 amide bonds. The number of halogens is 2. The van der Waals surface area contributed by atoms with Gasteiger partial charge in [0.2, 0.25) is 0 Å². The van der Waals surface area contributed by atoms with Crippen molar-refractivity contribution in [2.45, 2.75) is 57.9 Å². The van der Waals surface area contributed by atoms with Gasteiger partial charge in [-0.15, -0.1) is 0 Å². The van der Waals surface area contributed by atoms with Gasteiger partial charge in [-0.25, -0.2) is 4.39 Å². The van der Waals surface area contributed by atoms with Crippen molar-refractivity contribution in [1.82, 2.24) is 0 Å². The van der Waals surface area contributed by atoms with Gasteiger partial charge in [0.15, 0.2) is 0 Å². The van der Waals surface area contributed by atoms with Crippen LogP contribution in [0.1, 0.15) is 51.5 Å². The fraction of sp³-hybridized carbons (Fsp3) is 0.647. The molecule has 1 nitrogen and oxygen atoms in total. The van der Waals surface area contributed by atoms with Crippen molar-refractivity contribution in [1.29, 1.82) is 0 Å². The second-order valence-electron chi connectivity index (χ2n) is 6.88. The topological polar surface area (TPSA) is 26.0 Å². The summed E-state index contributed by atoms with van der Waals surface area (Å²) in [5.74, 6) is 1.28. The summed E-state index contributed by atoms with van der Waals surface area (Å²) in [4.78, 5) is 0. The van der Waals surface area contributed by atoms with Gasteiger partial charge in [-0.2, -0.15) is 0 Å². The molecule has 1 aromatic carbocycles. The first-order chi connectivity index (χ1) is 9.38. The van der Waals surface area contributed by atoms with Crippen molar-refractivity contribution in [3.8, 4) is 0 Å². The molecule has 0 bridgehead atoms.